The molecule has 0 aromatic heterocycles. The molecule has 0 radical (unpaired) electrons. The minimum Gasteiger partial charge on any atom is -0.478 e. The van der Waals surface area contributed by atoms with Gasteiger partial charge in [-0.15, -0.1) is 0 Å². The highest BCUT2D eigenvalue weighted by Gasteiger charge is 2.17. The van der Waals surface area contributed by atoms with Gasteiger partial charge in [-0.2, -0.15) is 0 Å². The van der Waals surface area contributed by atoms with Gasteiger partial charge < -0.3 is 25.2 Å². The number of urea groups is 1. The molecule has 3 N–H and O–H groups in total. The normalized spacial score (nSPS) is 11.8. The SMILES string of the molecule is COCC(O)CN(C)C(=O)Nc1ccc(Br)cc1C(=O)O. The van der Waals surface area contributed by atoms with E-state index in [1.807, 2.05) is 0 Å². The number of carbonyl (C=O) groups excluding carboxylic acids is 1. The highest BCUT2D eigenvalue weighted by atomic mass is 79.9. The maximum atomic E-state index is 12.0. The van der Waals surface area contributed by atoms with Gasteiger partial charge in [-0.05, 0) is 18.2 Å². The Bertz CT molecular complexity index is 523. The number of halogens is 1. The Morgan fingerprint density at radius 3 is 2.71 bits per heavy atom. The number of ether oxygens (including phenoxy) is 1. The largest absolute Gasteiger partial charge is 0.478 e. The van der Waals surface area contributed by atoms with Gasteiger partial charge in [-0.25, -0.2) is 9.59 Å². The van der Waals surface area contributed by atoms with Gasteiger partial charge in [-0.3, -0.25) is 0 Å². The molecule has 2 amide bonds. The number of aromatic carboxylic acids is 1. The average Bonchev–Trinajstić information content (AvgIpc) is 2.40. The minimum absolute atomic E-state index is 0.0245. The molecule has 1 aromatic carbocycles. The summed E-state index contributed by atoms with van der Waals surface area (Å²) >= 11 is 3.18. The standard InChI is InChI=1S/C13H17BrN2O5/c1-16(6-9(17)7-21-2)13(20)15-11-4-3-8(14)5-10(11)12(18)19/h3-5,9,17H,6-7H2,1-2H3,(H,15,20)(H,18,19). The fourth-order valence-electron chi connectivity index (χ4n) is 1.66. The van der Waals surface area contributed by atoms with Crippen LogP contribution in [0.15, 0.2) is 22.7 Å². The van der Waals surface area contributed by atoms with Gasteiger partial charge in [0.05, 0.1) is 30.5 Å². The number of hydrogen-bond donors (Lipinski definition) is 3. The summed E-state index contributed by atoms with van der Waals surface area (Å²) in [7, 11) is 2.94. The number of rotatable bonds is 6. The van der Waals surface area contributed by atoms with Crippen molar-refractivity contribution in [3.63, 3.8) is 0 Å². The third kappa shape index (κ3) is 5.33. The molecule has 0 bridgehead atoms. The molecule has 0 heterocycles. The van der Waals surface area contributed by atoms with Gasteiger partial charge in [0.25, 0.3) is 0 Å². The van der Waals surface area contributed by atoms with Crippen LogP contribution in [0.3, 0.4) is 0 Å². The Morgan fingerprint density at radius 1 is 1.48 bits per heavy atom. The molecule has 1 rings (SSSR count). The number of methoxy groups -OCH3 is 1. The van der Waals surface area contributed by atoms with Crippen LogP contribution < -0.4 is 5.32 Å². The van der Waals surface area contributed by atoms with E-state index in [1.165, 1.54) is 31.2 Å². The first kappa shape index (κ1) is 17.4. The molecular weight excluding hydrogens is 344 g/mol. The summed E-state index contributed by atoms with van der Waals surface area (Å²) in [4.78, 5) is 24.4. The van der Waals surface area contributed by atoms with Crippen LogP contribution in [0.5, 0.6) is 0 Å². The molecule has 0 aliphatic heterocycles. The maximum Gasteiger partial charge on any atom is 0.337 e. The first-order valence-electron chi connectivity index (χ1n) is 6.07. The van der Waals surface area contributed by atoms with E-state index in [9.17, 15) is 14.7 Å². The maximum absolute atomic E-state index is 12.0. The Hall–Kier alpha value is -1.64. The van der Waals surface area contributed by atoms with E-state index >= 15 is 0 Å². The lowest BCUT2D eigenvalue weighted by Crippen LogP contribution is -2.39. The number of nitrogens with one attached hydrogen (secondary N) is 1. The number of aliphatic hydroxyl groups is 1. The van der Waals surface area contributed by atoms with Gasteiger partial charge in [-0.1, -0.05) is 15.9 Å². The molecule has 1 atom stereocenters. The number of likely N-dealkylation sites (N-methyl/N-ethyl adjacent to an activating group) is 1. The number of carbonyl (C=O) groups is 2. The molecule has 0 aliphatic carbocycles. The highest BCUT2D eigenvalue weighted by molar-refractivity contribution is 9.10. The van der Waals surface area contributed by atoms with Crippen LogP contribution in [0, 0.1) is 0 Å². The predicted octanol–water partition coefficient (Wildman–Crippen LogP) is 1.62. The summed E-state index contributed by atoms with van der Waals surface area (Å²) in [5.41, 5.74) is 0.160. The molecule has 1 aromatic rings. The fraction of sp³-hybridized carbons (Fsp3) is 0.385. The summed E-state index contributed by atoms with van der Waals surface area (Å²) < 4.78 is 5.37. The molecule has 8 heteroatoms. The summed E-state index contributed by atoms with van der Waals surface area (Å²) in [5.74, 6) is -1.14. The topological polar surface area (TPSA) is 99.1 Å². The van der Waals surface area contributed by atoms with E-state index in [0.717, 1.165) is 0 Å². The van der Waals surface area contributed by atoms with Gasteiger partial charge in [0.2, 0.25) is 0 Å². The number of carboxylic acids is 1. The number of hydrogen-bond acceptors (Lipinski definition) is 4. The predicted molar refractivity (Wildman–Crippen MR) is 80.6 cm³/mol. The summed E-state index contributed by atoms with van der Waals surface area (Å²) in [6.45, 7) is 0.175. The van der Waals surface area contributed by atoms with Gasteiger partial charge >= 0.3 is 12.0 Å². The Morgan fingerprint density at radius 2 is 2.14 bits per heavy atom. The van der Waals surface area contributed by atoms with E-state index in [-0.39, 0.29) is 24.4 Å². The van der Waals surface area contributed by atoms with Crippen LogP contribution in [-0.4, -0.2) is 60.5 Å². The van der Waals surface area contributed by atoms with Crippen molar-refractivity contribution in [2.75, 3.05) is 32.6 Å². The van der Waals surface area contributed by atoms with Gasteiger partial charge in [0, 0.05) is 18.6 Å². The average molecular weight is 361 g/mol. The molecule has 0 spiro atoms. The summed E-state index contributed by atoms with van der Waals surface area (Å²) in [6.07, 6.45) is -0.811. The molecule has 0 saturated carbocycles. The quantitative estimate of drug-likeness (QED) is 0.715. The number of amides is 2. The lowest BCUT2D eigenvalue weighted by atomic mass is 10.2. The van der Waals surface area contributed by atoms with Crippen LogP contribution in [0.1, 0.15) is 10.4 Å². The molecule has 0 saturated heterocycles. The monoisotopic (exact) mass is 360 g/mol. The summed E-state index contributed by atoms with van der Waals surface area (Å²) in [6, 6.07) is 4.00. The number of nitrogens with zero attached hydrogens (tertiary/aromatic N) is 1. The second-order valence-electron chi connectivity index (χ2n) is 4.41. The lowest BCUT2D eigenvalue weighted by Gasteiger charge is -2.21. The van der Waals surface area contributed by atoms with Crippen molar-refractivity contribution in [3.05, 3.63) is 28.2 Å². The molecule has 116 valence electrons. The van der Waals surface area contributed by atoms with Crippen molar-refractivity contribution >= 4 is 33.6 Å². The molecule has 0 aliphatic rings. The van der Waals surface area contributed by atoms with E-state index in [4.69, 9.17) is 9.84 Å². The highest BCUT2D eigenvalue weighted by Crippen LogP contribution is 2.21. The Kier molecular flexibility index (Phi) is 6.60. The number of anilines is 1. The third-order valence-corrected chi connectivity index (χ3v) is 3.14. The first-order valence-corrected chi connectivity index (χ1v) is 6.86. The molecular formula is C13H17BrN2O5. The first-order chi connectivity index (χ1) is 9.85. The zero-order valence-corrected chi connectivity index (χ0v) is 13.3. The zero-order valence-electron chi connectivity index (χ0n) is 11.7. The van der Waals surface area contributed by atoms with E-state index in [0.29, 0.717) is 4.47 Å². The molecule has 21 heavy (non-hydrogen) atoms. The van der Waals surface area contributed by atoms with Crippen LogP contribution in [0.25, 0.3) is 0 Å². The minimum atomic E-state index is -1.14. The third-order valence-electron chi connectivity index (χ3n) is 2.64. The lowest BCUT2D eigenvalue weighted by molar-refractivity contribution is 0.0501. The van der Waals surface area contributed by atoms with Crippen molar-refractivity contribution < 1.29 is 24.5 Å². The summed E-state index contributed by atoms with van der Waals surface area (Å²) in [5, 5.41) is 21.2. The van der Waals surface area contributed by atoms with Crippen molar-refractivity contribution in [1.82, 2.24) is 4.90 Å². The van der Waals surface area contributed by atoms with E-state index in [2.05, 4.69) is 21.2 Å². The van der Waals surface area contributed by atoms with Crippen molar-refractivity contribution in [3.8, 4) is 0 Å². The van der Waals surface area contributed by atoms with Crippen LogP contribution in [-0.2, 0) is 4.74 Å². The second kappa shape index (κ2) is 7.96. The van der Waals surface area contributed by atoms with E-state index < -0.39 is 18.1 Å². The Balaban J connectivity index is 2.76. The number of carboxylic acid groups (broad SMARTS) is 1. The van der Waals surface area contributed by atoms with Crippen molar-refractivity contribution in [2.45, 2.75) is 6.10 Å². The second-order valence-corrected chi connectivity index (χ2v) is 5.33. The van der Waals surface area contributed by atoms with Crippen LogP contribution in [0.2, 0.25) is 0 Å². The number of aliphatic hydroxyl groups excluding tert-OH is 1. The van der Waals surface area contributed by atoms with Gasteiger partial charge in [0.1, 0.15) is 0 Å². The van der Waals surface area contributed by atoms with Crippen LogP contribution >= 0.6 is 15.9 Å². The van der Waals surface area contributed by atoms with E-state index in [1.54, 1.807) is 6.07 Å². The molecule has 7 nitrogen and oxygen atoms in total. The van der Waals surface area contributed by atoms with Crippen LogP contribution in [0.4, 0.5) is 10.5 Å². The smallest absolute Gasteiger partial charge is 0.337 e. The molecule has 0 fully saturated rings. The van der Waals surface area contributed by atoms with Crippen molar-refractivity contribution in [1.29, 1.82) is 0 Å². The molecule has 1 unspecified atom stereocenters. The zero-order chi connectivity index (χ0) is 16.0. The van der Waals surface area contributed by atoms with Gasteiger partial charge in [0.15, 0.2) is 0 Å². The Labute approximate surface area is 130 Å². The van der Waals surface area contributed by atoms with Crippen molar-refractivity contribution in [2.24, 2.45) is 0 Å². The fourth-order valence-corrected chi connectivity index (χ4v) is 2.02. The number of benzene rings is 1.